The average molecular weight is 445 g/mol. The summed E-state index contributed by atoms with van der Waals surface area (Å²) in [7, 11) is -3.36. The predicted molar refractivity (Wildman–Crippen MR) is 126 cm³/mol. The molecule has 32 heavy (non-hydrogen) atoms. The number of nitrogens with zero attached hydrogens (tertiary/aromatic N) is 2. The van der Waals surface area contributed by atoms with Crippen LogP contribution in [0.5, 0.6) is 0 Å². The fourth-order valence-corrected chi connectivity index (χ4v) is 4.71. The van der Waals surface area contributed by atoms with Gasteiger partial charge in [-0.2, -0.15) is 0 Å². The zero-order chi connectivity index (χ0) is 22.6. The highest BCUT2D eigenvalue weighted by Gasteiger charge is 2.35. The molecule has 2 N–H and O–H groups in total. The van der Waals surface area contributed by atoms with Gasteiger partial charge in [0.05, 0.1) is 28.7 Å². The number of hydrogen-bond acceptors (Lipinski definition) is 6. The Morgan fingerprint density at radius 1 is 0.844 bits per heavy atom. The topological polar surface area (TPSA) is 101 Å². The molecule has 160 valence electrons. The summed E-state index contributed by atoms with van der Waals surface area (Å²) in [5, 5.41) is 4.19. The van der Waals surface area contributed by atoms with Crippen LogP contribution in [0, 0.1) is 13.8 Å². The molecule has 1 aliphatic carbocycles. The van der Waals surface area contributed by atoms with Gasteiger partial charge in [-0.3, -0.25) is 9.52 Å². The van der Waals surface area contributed by atoms with Gasteiger partial charge in [0.1, 0.15) is 5.69 Å². The number of aromatic nitrogens is 2. The fourth-order valence-electron chi connectivity index (χ4n) is 4.14. The lowest BCUT2D eigenvalue weighted by atomic mass is 10.0. The number of carbonyl (C=O) groups is 1. The maximum atomic E-state index is 13.4. The Balaban J connectivity index is 1.67. The van der Waals surface area contributed by atoms with Crippen LogP contribution in [-0.4, -0.2) is 30.4 Å². The lowest BCUT2D eigenvalue weighted by Crippen LogP contribution is -2.09. The zero-order valence-electron chi connectivity index (χ0n) is 17.7. The van der Waals surface area contributed by atoms with E-state index in [0.29, 0.717) is 34.0 Å². The van der Waals surface area contributed by atoms with E-state index in [4.69, 9.17) is 4.98 Å². The van der Waals surface area contributed by atoms with Crippen molar-refractivity contribution in [3.63, 3.8) is 0 Å². The van der Waals surface area contributed by atoms with Crippen molar-refractivity contribution >= 4 is 43.8 Å². The maximum Gasteiger partial charge on any atom is 0.229 e. The first-order valence-corrected chi connectivity index (χ1v) is 11.9. The molecule has 0 atom stereocenters. The lowest BCUT2D eigenvalue weighted by Gasteiger charge is -2.15. The van der Waals surface area contributed by atoms with Crippen molar-refractivity contribution in [2.45, 2.75) is 13.8 Å². The van der Waals surface area contributed by atoms with Gasteiger partial charge in [0, 0.05) is 28.0 Å². The Morgan fingerprint density at radius 3 is 2.25 bits per heavy atom. The Hall–Kier alpha value is -3.78. The summed E-state index contributed by atoms with van der Waals surface area (Å²) in [5.41, 5.74) is 6.69. The first kappa shape index (κ1) is 20.1. The van der Waals surface area contributed by atoms with Crippen LogP contribution >= 0.6 is 0 Å². The minimum absolute atomic E-state index is 0.155. The van der Waals surface area contributed by atoms with Crippen molar-refractivity contribution in [1.29, 1.82) is 0 Å². The molecule has 0 fully saturated rings. The second kappa shape index (κ2) is 7.13. The number of aryl methyl sites for hydroxylation is 2. The fraction of sp³-hybridized carbons (Fsp3) is 0.125. The van der Waals surface area contributed by atoms with Gasteiger partial charge in [-0.15, -0.1) is 0 Å². The number of carbonyl (C=O) groups excluding carboxylic acids is 1. The van der Waals surface area contributed by atoms with Crippen LogP contribution in [0.3, 0.4) is 0 Å². The first-order valence-electron chi connectivity index (χ1n) is 10.0. The SMILES string of the molecule is Cc1cc(C)c2c(n1)C(=O)c1c-2nc2ccccc2c1Nc1ccc(NS(C)(=O)=O)cc1. The number of benzene rings is 2. The van der Waals surface area contributed by atoms with E-state index in [1.54, 1.807) is 24.3 Å². The smallest absolute Gasteiger partial charge is 0.229 e. The van der Waals surface area contributed by atoms with Crippen LogP contribution in [-0.2, 0) is 10.0 Å². The van der Waals surface area contributed by atoms with E-state index >= 15 is 0 Å². The Labute approximate surface area is 185 Å². The number of fused-ring (bicyclic) bond motifs is 4. The van der Waals surface area contributed by atoms with E-state index in [1.165, 1.54) is 0 Å². The summed E-state index contributed by atoms with van der Waals surface area (Å²) in [6.45, 7) is 3.84. The van der Waals surface area contributed by atoms with Crippen molar-refractivity contribution in [2.24, 2.45) is 0 Å². The molecule has 8 heteroatoms. The third-order valence-corrected chi connectivity index (χ3v) is 5.98. The normalized spacial score (nSPS) is 12.5. The van der Waals surface area contributed by atoms with Gasteiger partial charge in [-0.05, 0) is 55.8 Å². The highest BCUT2D eigenvalue weighted by Crippen LogP contribution is 2.44. The molecular formula is C24H20N4O3S. The largest absolute Gasteiger partial charge is 0.354 e. The molecule has 0 saturated heterocycles. The molecule has 4 aromatic rings. The number of para-hydroxylation sites is 1. The van der Waals surface area contributed by atoms with Gasteiger partial charge in [0.15, 0.2) is 0 Å². The monoisotopic (exact) mass is 444 g/mol. The molecule has 1 aliphatic rings. The Kier molecular flexibility index (Phi) is 4.49. The zero-order valence-corrected chi connectivity index (χ0v) is 18.5. The summed E-state index contributed by atoms with van der Waals surface area (Å²) in [6.07, 6.45) is 1.10. The standard InChI is InChI=1S/C24H20N4O3S/c1-13-12-14(2)25-23-19(13)22-20(24(23)29)21(17-6-4-5-7-18(17)27-22)26-15-8-10-16(11-9-15)28-32(3,30)31/h4-12,28H,1-3H3,(H,26,27). The van der Waals surface area contributed by atoms with E-state index in [2.05, 4.69) is 15.0 Å². The molecule has 0 spiro atoms. The van der Waals surface area contributed by atoms with Crippen molar-refractivity contribution in [2.75, 3.05) is 16.3 Å². The van der Waals surface area contributed by atoms with Crippen LogP contribution in [0.2, 0.25) is 0 Å². The number of pyridine rings is 2. The second-order valence-electron chi connectivity index (χ2n) is 7.94. The molecule has 2 heterocycles. The van der Waals surface area contributed by atoms with Crippen LogP contribution in [0.4, 0.5) is 17.1 Å². The van der Waals surface area contributed by atoms with E-state index in [1.807, 2.05) is 44.2 Å². The van der Waals surface area contributed by atoms with Crippen LogP contribution in [0.25, 0.3) is 22.2 Å². The van der Waals surface area contributed by atoms with Crippen molar-refractivity contribution in [3.05, 3.63) is 77.1 Å². The van der Waals surface area contributed by atoms with Gasteiger partial charge >= 0.3 is 0 Å². The molecule has 0 saturated carbocycles. The summed E-state index contributed by atoms with van der Waals surface area (Å²) in [6, 6.07) is 16.5. The first-order chi connectivity index (χ1) is 15.2. The lowest BCUT2D eigenvalue weighted by molar-refractivity contribution is 0.103. The summed E-state index contributed by atoms with van der Waals surface area (Å²) in [4.78, 5) is 22.8. The summed E-state index contributed by atoms with van der Waals surface area (Å²) >= 11 is 0. The van der Waals surface area contributed by atoms with Gasteiger partial charge in [-0.1, -0.05) is 18.2 Å². The molecule has 0 aliphatic heterocycles. The number of sulfonamides is 1. The average Bonchev–Trinajstić information content (AvgIpc) is 3.00. The minimum atomic E-state index is -3.36. The van der Waals surface area contributed by atoms with Gasteiger partial charge < -0.3 is 5.32 Å². The molecule has 2 aromatic heterocycles. The molecule has 0 bridgehead atoms. The van der Waals surface area contributed by atoms with Crippen molar-refractivity contribution in [1.82, 2.24) is 9.97 Å². The van der Waals surface area contributed by atoms with Crippen LogP contribution < -0.4 is 10.0 Å². The number of rotatable bonds is 4. The third-order valence-electron chi connectivity index (χ3n) is 5.37. The highest BCUT2D eigenvalue weighted by atomic mass is 32.2. The predicted octanol–water partition coefficient (Wildman–Crippen LogP) is 4.57. The number of ketones is 1. The van der Waals surface area contributed by atoms with E-state index in [9.17, 15) is 13.2 Å². The van der Waals surface area contributed by atoms with E-state index < -0.39 is 10.0 Å². The van der Waals surface area contributed by atoms with Gasteiger partial charge in [0.2, 0.25) is 15.8 Å². The second-order valence-corrected chi connectivity index (χ2v) is 9.69. The number of nitrogens with one attached hydrogen (secondary N) is 2. The van der Waals surface area contributed by atoms with Crippen LogP contribution in [0.15, 0.2) is 54.6 Å². The molecule has 5 rings (SSSR count). The number of hydrogen-bond donors (Lipinski definition) is 2. The quantitative estimate of drug-likeness (QED) is 0.421. The highest BCUT2D eigenvalue weighted by molar-refractivity contribution is 7.92. The van der Waals surface area contributed by atoms with Crippen molar-refractivity contribution < 1.29 is 13.2 Å². The molecule has 7 nitrogen and oxygen atoms in total. The summed E-state index contributed by atoms with van der Waals surface area (Å²) < 4.78 is 25.4. The molecule has 0 radical (unpaired) electrons. The summed E-state index contributed by atoms with van der Waals surface area (Å²) in [5.74, 6) is -0.155. The minimum Gasteiger partial charge on any atom is -0.354 e. The third kappa shape index (κ3) is 3.38. The molecule has 2 aromatic carbocycles. The molecule has 0 amide bonds. The van der Waals surface area contributed by atoms with Gasteiger partial charge in [-0.25, -0.2) is 18.4 Å². The van der Waals surface area contributed by atoms with Crippen molar-refractivity contribution in [3.8, 4) is 11.3 Å². The maximum absolute atomic E-state index is 13.4. The Bertz CT molecular complexity index is 1530. The Morgan fingerprint density at radius 2 is 1.53 bits per heavy atom. The number of anilines is 3. The molecule has 0 unspecified atom stereocenters. The molecular weight excluding hydrogens is 424 g/mol. The van der Waals surface area contributed by atoms with E-state index in [-0.39, 0.29) is 5.78 Å². The van der Waals surface area contributed by atoms with E-state index in [0.717, 1.165) is 34.0 Å². The van der Waals surface area contributed by atoms with Crippen LogP contribution in [0.1, 0.15) is 27.3 Å². The van der Waals surface area contributed by atoms with Gasteiger partial charge in [0.25, 0.3) is 0 Å².